The molecule has 0 spiro atoms. The van der Waals surface area contributed by atoms with E-state index in [0.717, 1.165) is 12.8 Å². The van der Waals surface area contributed by atoms with Gasteiger partial charge >= 0.3 is 12.4 Å². The first-order valence-electron chi connectivity index (χ1n) is 6.13. The van der Waals surface area contributed by atoms with Gasteiger partial charge in [-0.05, 0) is 25.7 Å². The third kappa shape index (κ3) is 6.44. The molecule has 1 N–H and O–H groups in total. The summed E-state index contributed by atoms with van der Waals surface area (Å²) in [6.45, 7) is -2.11. The second-order valence-corrected chi connectivity index (χ2v) is 4.93. The van der Waals surface area contributed by atoms with Crippen molar-refractivity contribution < 1.29 is 31.1 Å². The number of hydrogen-bond donors (Lipinski definition) is 1. The number of hydrogen-bond acceptors (Lipinski definition) is 2. The molecule has 0 aromatic heterocycles. The highest BCUT2D eigenvalue weighted by Crippen LogP contribution is 2.36. The molecule has 1 amide bonds. The van der Waals surface area contributed by atoms with Crippen molar-refractivity contribution in [2.45, 2.75) is 38.2 Å². The largest absolute Gasteiger partial charge is 0.406 e. The van der Waals surface area contributed by atoms with Crippen molar-refractivity contribution in [3.05, 3.63) is 0 Å². The predicted octanol–water partition coefficient (Wildman–Crippen LogP) is 2.33. The van der Waals surface area contributed by atoms with E-state index in [-0.39, 0.29) is 5.92 Å². The summed E-state index contributed by atoms with van der Waals surface area (Å²) in [5, 5.41) is 1.82. The lowest BCUT2D eigenvalue weighted by Crippen LogP contribution is -2.49. The van der Waals surface area contributed by atoms with Gasteiger partial charge in [-0.3, -0.25) is 4.79 Å². The zero-order chi connectivity index (χ0) is 15.6. The summed E-state index contributed by atoms with van der Waals surface area (Å²) < 4.78 is 73.0. The molecule has 1 atom stereocenters. The van der Waals surface area contributed by atoms with Crippen molar-refractivity contribution in [1.29, 1.82) is 0 Å². The van der Waals surface area contributed by atoms with Crippen molar-refractivity contribution in [3.8, 4) is 0 Å². The monoisotopic (exact) mass is 306 g/mol. The lowest BCUT2D eigenvalue weighted by molar-refractivity contribution is -0.166. The summed E-state index contributed by atoms with van der Waals surface area (Å²) in [6, 6.07) is -0.614. The molecule has 1 saturated carbocycles. The highest BCUT2D eigenvalue weighted by atomic mass is 19.4. The molecule has 1 aliphatic rings. The number of nitrogens with zero attached hydrogens (tertiary/aromatic N) is 1. The number of amides is 1. The van der Waals surface area contributed by atoms with E-state index >= 15 is 0 Å². The number of carbonyl (C=O) groups excluding carboxylic acids is 1. The van der Waals surface area contributed by atoms with E-state index in [2.05, 4.69) is 0 Å². The lowest BCUT2D eigenvalue weighted by Gasteiger charge is -2.30. The minimum Gasteiger partial charge on any atom is -0.330 e. The molecule has 0 bridgehead atoms. The second kappa shape index (κ2) is 6.19. The first kappa shape index (κ1) is 17.1. The molecule has 0 saturated heterocycles. The van der Waals surface area contributed by atoms with Crippen LogP contribution in [0.4, 0.5) is 26.3 Å². The van der Waals surface area contributed by atoms with Gasteiger partial charge in [-0.2, -0.15) is 26.3 Å². The van der Waals surface area contributed by atoms with Crippen LogP contribution in [0.25, 0.3) is 0 Å². The molecule has 20 heavy (non-hydrogen) atoms. The van der Waals surface area contributed by atoms with Crippen LogP contribution in [0.2, 0.25) is 0 Å². The van der Waals surface area contributed by atoms with Crippen LogP contribution in [0.15, 0.2) is 0 Å². The zero-order valence-electron chi connectivity index (χ0n) is 10.8. The summed E-state index contributed by atoms with van der Waals surface area (Å²) in [5.41, 5.74) is 0. The normalized spacial score (nSPS) is 17.9. The third-order valence-corrected chi connectivity index (χ3v) is 3.07. The van der Waals surface area contributed by atoms with Crippen LogP contribution in [-0.2, 0) is 4.79 Å². The summed E-state index contributed by atoms with van der Waals surface area (Å²) in [4.78, 5) is 12.3. The van der Waals surface area contributed by atoms with Crippen molar-refractivity contribution in [2.24, 2.45) is 5.92 Å². The van der Waals surface area contributed by atoms with E-state index in [1.54, 1.807) is 0 Å². The van der Waals surface area contributed by atoms with E-state index in [1.807, 2.05) is 5.32 Å². The van der Waals surface area contributed by atoms with Gasteiger partial charge in [0, 0.05) is 6.04 Å². The van der Waals surface area contributed by atoms with Gasteiger partial charge in [0.15, 0.2) is 0 Å². The van der Waals surface area contributed by atoms with Gasteiger partial charge in [-0.15, -0.1) is 0 Å². The Kier molecular flexibility index (Phi) is 5.28. The molecule has 1 rings (SSSR count). The minimum absolute atomic E-state index is 0.00363. The van der Waals surface area contributed by atoms with Gasteiger partial charge in [0.1, 0.15) is 6.54 Å². The van der Waals surface area contributed by atoms with Gasteiger partial charge in [-0.25, -0.2) is 0 Å². The van der Waals surface area contributed by atoms with Crippen LogP contribution in [0, 0.1) is 5.92 Å². The van der Waals surface area contributed by atoms with E-state index in [0.29, 0.717) is 4.90 Å². The van der Waals surface area contributed by atoms with Crippen LogP contribution in [-0.4, -0.2) is 48.8 Å². The predicted molar refractivity (Wildman–Crippen MR) is 58.9 cm³/mol. The molecular formula is C11H16F6N2O. The highest BCUT2D eigenvalue weighted by Gasteiger charge is 2.40. The van der Waals surface area contributed by atoms with Crippen LogP contribution >= 0.6 is 0 Å². The van der Waals surface area contributed by atoms with Crippen molar-refractivity contribution >= 4 is 5.91 Å². The van der Waals surface area contributed by atoms with Crippen molar-refractivity contribution in [1.82, 2.24) is 10.2 Å². The maximum Gasteiger partial charge on any atom is 0.406 e. The van der Waals surface area contributed by atoms with Crippen molar-refractivity contribution in [2.75, 3.05) is 19.6 Å². The Labute approximate surface area is 112 Å². The molecule has 118 valence electrons. The summed E-state index contributed by atoms with van der Waals surface area (Å²) >= 11 is 0. The maximum atomic E-state index is 12.4. The number of rotatable bonds is 6. The smallest absolute Gasteiger partial charge is 0.330 e. The fourth-order valence-corrected chi connectivity index (χ4v) is 1.90. The topological polar surface area (TPSA) is 32.3 Å². The van der Waals surface area contributed by atoms with Crippen molar-refractivity contribution in [3.63, 3.8) is 0 Å². The first-order valence-corrected chi connectivity index (χ1v) is 6.13. The first-order chi connectivity index (χ1) is 8.99. The summed E-state index contributed by atoms with van der Waals surface area (Å²) in [5.74, 6) is -0.963. The molecule has 3 nitrogen and oxygen atoms in total. The molecule has 0 aromatic carbocycles. The second-order valence-electron chi connectivity index (χ2n) is 4.93. The van der Waals surface area contributed by atoms with E-state index in [9.17, 15) is 31.1 Å². The minimum atomic E-state index is -4.57. The standard InChI is InChI=1S/C11H16F6N2O/c1-7(8-2-3-8)19(6-11(15,16)17)9(20)4-18-5-10(12,13)14/h7-8,18H,2-6H2,1H3. The van der Waals surface area contributed by atoms with E-state index < -0.39 is 43.9 Å². The maximum absolute atomic E-state index is 12.4. The number of halogens is 6. The average Bonchev–Trinajstić information content (AvgIpc) is 3.05. The Balaban J connectivity index is 2.55. The van der Waals surface area contributed by atoms with Gasteiger partial charge in [-0.1, -0.05) is 0 Å². The van der Waals surface area contributed by atoms with Crippen LogP contribution in [0.3, 0.4) is 0 Å². The number of carbonyl (C=O) groups is 1. The Morgan fingerprint density at radius 2 is 1.75 bits per heavy atom. The molecule has 1 fully saturated rings. The van der Waals surface area contributed by atoms with Crippen LogP contribution in [0.5, 0.6) is 0 Å². The van der Waals surface area contributed by atoms with Crippen LogP contribution < -0.4 is 5.32 Å². The van der Waals surface area contributed by atoms with E-state index in [4.69, 9.17) is 0 Å². The Bertz CT molecular complexity index is 337. The molecule has 9 heteroatoms. The molecular weight excluding hydrogens is 290 g/mol. The number of alkyl halides is 6. The summed E-state index contributed by atoms with van der Waals surface area (Å²) in [6.07, 6.45) is -7.60. The lowest BCUT2D eigenvalue weighted by atomic mass is 10.1. The van der Waals surface area contributed by atoms with E-state index in [1.165, 1.54) is 6.92 Å². The molecule has 0 aromatic rings. The molecule has 0 heterocycles. The average molecular weight is 306 g/mol. The molecule has 1 aliphatic carbocycles. The Hall–Kier alpha value is -0.990. The van der Waals surface area contributed by atoms with Gasteiger partial charge in [0.05, 0.1) is 13.1 Å². The molecule has 0 aliphatic heterocycles. The van der Waals surface area contributed by atoms with Gasteiger partial charge in [0.2, 0.25) is 5.91 Å². The summed E-state index contributed by atoms with van der Waals surface area (Å²) in [7, 11) is 0. The molecule has 1 unspecified atom stereocenters. The fraction of sp³-hybridized carbons (Fsp3) is 0.909. The number of nitrogens with one attached hydrogen (secondary N) is 1. The SMILES string of the molecule is CC(C1CC1)N(CC(F)(F)F)C(=O)CNCC(F)(F)F. The third-order valence-electron chi connectivity index (χ3n) is 3.07. The Morgan fingerprint density at radius 1 is 1.20 bits per heavy atom. The fourth-order valence-electron chi connectivity index (χ4n) is 1.90. The quantitative estimate of drug-likeness (QED) is 0.764. The van der Waals surface area contributed by atoms with Gasteiger partial charge < -0.3 is 10.2 Å². The Morgan fingerprint density at radius 3 is 2.15 bits per heavy atom. The zero-order valence-corrected chi connectivity index (χ0v) is 10.8. The van der Waals surface area contributed by atoms with Crippen LogP contribution in [0.1, 0.15) is 19.8 Å². The highest BCUT2D eigenvalue weighted by molar-refractivity contribution is 5.78. The van der Waals surface area contributed by atoms with Gasteiger partial charge in [0.25, 0.3) is 0 Å². The molecule has 0 radical (unpaired) electrons.